The van der Waals surface area contributed by atoms with Gasteiger partial charge in [-0.1, -0.05) is 22.0 Å². The molecule has 0 atom stereocenters. The van der Waals surface area contributed by atoms with Crippen LogP contribution < -0.4 is 5.32 Å². The normalized spacial score (nSPS) is 20.4. The van der Waals surface area contributed by atoms with Gasteiger partial charge in [0.15, 0.2) is 0 Å². The molecule has 0 saturated carbocycles. The first-order valence-electron chi connectivity index (χ1n) is 7.35. The number of hydrogen-bond acceptors (Lipinski definition) is 2. The Kier molecular flexibility index (Phi) is 4.45. The molecule has 2 saturated heterocycles. The van der Waals surface area contributed by atoms with E-state index in [-0.39, 0.29) is 11.8 Å². The first-order chi connectivity index (χ1) is 10.1. The van der Waals surface area contributed by atoms with E-state index in [0.29, 0.717) is 29.2 Å². The van der Waals surface area contributed by atoms with E-state index >= 15 is 0 Å². The van der Waals surface area contributed by atoms with E-state index in [1.807, 2.05) is 11.0 Å². The molecule has 0 unspecified atom stereocenters. The number of piperidine rings is 1. The van der Waals surface area contributed by atoms with Crippen LogP contribution in [0.3, 0.4) is 0 Å². The number of halogens is 2. The summed E-state index contributed by atoms with van der Waals surface area (Å²) in [6.45, 7) is 3.71. The molecule has 21 heavy (non-hydrogen) atoms. The second-order valence-electron chi connectivity index (χ2n) is 5.61. The molecular formula is C15H19BrFN3O. The van der Waals surface area contributed by atoms with Crippen LogP contribution in [-0.4, -0.2) is 48.1 Å². The molecule has 2 amide bonds. The third kappa shape index (κ3) is 3.21. The number of carbonyl (C=O) groups excluding carboxylic acids is 1. The lowest BCUT2D eigenvalue weighted by molar-refractivity contribution is 0.164. The molecule has 0 aromatic heterocycles. The van der Waals surface area contributed by atoms with Crippen molar-refractivity contribution < 1.29 is 9.18 Å². The zero-order valence-corrected chi connectivity index (χ0v) is 13.4. The summed E-state index contributed by atoms with van der Waals surface area (Å²) >= 11 is 3.25. The summed E-state index contributed by atoms with van der Waals surface area (Å²) in [7, 11) is 0. The van der Waals surface area contributed by atoms with Crippen molar-refractivity contribution >= 4 is 22.0 Å². The lowest BCUT2D eigenvalue weighted by Crippen LogP contribution is -2.45. The molecule has 0 spiro atoms. The Morgan fingerprint density at radius 2 is 2.05 bits per heavy atom. The number of nitrogens with one attached hydrogen (secondary N) is 1. The van der Waals surface area contributed by atoms with E-state index < -0.39 is 0 Å². The largest absolute Gasteiger partial charge is 0.320 e. The Bertz CT molecular complexity index is 534. The van der Waals surface area contributed by atoms with E-state index in [1.54, 1.807) is 11.0 Å². The molecule has 0 radical (unpaired) electrons. The number of amides is 2. The zero-order valence-electron chi connectivity index (χ0n) is 11.8. The van der Waals surface area contributed by atoms with Crippen molar-refractivity contribution in [3.05, 3.63) is 34.1 Å². The van der Waals surface area contributed by atoms with Crippen molar-refractivity contribution in [1.29, 1.82) is 0 Å². The third-order valence-electron chi connectivity index (χ3n) is 4.25. The van der Waals surface area contributed by atoms with Gasteiger partial charge in [-0.15, -0.1) is 0 Å². The lowest BCUT2D eigenvalue weighted by atomic mass is 10.1. The lowest BCUT2D eigenvalue weighted by Gasteiger charge is -2.31. The van der Waals surface area contributed by atoms with Crippen LogP contribution in [0, 0.1) is 5.82 Å². The van der Waals surface area contributed by atoms with Crippen LogP contribution in [-0.2, 0) is 6.54 Å². The summed E-state index contributed by atoms with van der Waals surface area (Å²) in [5.74, 6) is -0.266. The highest BCUT2D eigenvalue weighted by atomic mass is 79.9. The van der Waals surface area contributed by atoms with Crippen LogP contribution in [0.25, 0.3) is 0 Å². The van der Waals surface area contributed by atoms with Crippen LogP contribution in [0.5, 0.6) is 0 Å². The average molecular weight is 356 g/mol. The molecular weight excluding hydrogens is 337 g/mol. The van der Waals surface area contributed by atoms with Gasteiger partial charge in [0.25, 0.3) is 0 Å². The first kappa shape index (κ1) is 14.8. The fourth-order valence-electron chi connectivity index (χ4n) is 3.06. The van der Waals surface area contributed by atoms with Gasteiger partial charge < -0.3 is 15.1 Å². The predicted octanol–water partition coefficient (Wildman–Crippen LogP) is 2.58. The van der Waals surface area contributed by atoms with Crippen LogP contribution in [0.4, 0.5) is 9.18 Å². The van der Waals surface area contributed by atoms with E-state index in [9.17, 15) is 9.18 Å². The van der Waals surface area contributed by atoms with E-state index in [4.69, 9.17) is 0 Å². The number of benzene rings is 1. The van der Waals surface area contributed by atoms with Gasteiger partial charge in [-0.3, -0.25) is 0 Å². The fourth-order valence-corrected chi connectivity index (χ4v) is 3.39. The smallest absolute Gasteiger partial charge is 0.320 e. The van der Waals surface area contributed by atoms with Gasteiger partial charge in [-0.25, -0.2) is 9.18 Å². The molecule has 1 aromatic carbocycles. The van der Waals surface area contributed by atoms with Crippen LogP contribution in [0.15, 0.2) is 22.7 Å². The van der Waals surface area contributed by atoms with Crippen molar-refractivity contribution in [1.82, 2.24) is 15.1 Å². The van der Waals surface area contributed by atoms with Crippen molar-refractivity contribution in [2.75, 3.05) is 26.2 Å². The summed E-state index contributed by atoms with van der Waals surface area (Å²) in [6, 6.07) is 5.37. The average Bonchev–Trinajstić information content (AvgIpc) is 2.84. The molecule has 2 fully saturated rings. The Morgan fingerprint density at radius 1 is 1.29 bits per heavy atom. The molecule has 2 aliphatic heterocycles. The molecule has 0 bridgehead atoms. The fraction of sp³-hybridized carbons (Fsp3) is 0.533. The molecule has 2 aliphatic rings. The van der Waals surface area contributed by atoms with Crippen molar-refractivity contribution in [2.24, 2.45) is 0 Å². The number of hydrogen-bond donors (Lipinski definition) is 1. The monoisotopic (exact) mass is 355 g/mol. The van der Waals surface area contributed by atoms with E-state index in [0.717, 1.165) is 32.5 Å². The number of nitrogens with zero attached hydrogens (tertiary/aromatic N) is 2. The summed E-state index contributed by atoms with van der Waals surface area (Å²) in [4.78, 5) is 16.2. The summed E-state index contributed by atoms with van der Waals surface area (Å²) < 4.78 is 14.6. The Labute approximate surface area is 132 Å². The van der Waals surface area contributed by atoms with Gasteiger partial charge in [0.05, 0.1) is 6.54 Å². The van der Waals surface area contributed by atoms with Gasteiger partial charge in [-0.2, -0.15) is 0 Å². The second-order valence-corrected chi connectivity index (χ2v) is 6.53. The highest BCUT2D eigenvalue weighted by molar-refractivity contribution is 9.10. The standard InChI is InChI=1S/C15H19BrFN3O/c16-12-2-1-11(14(17)9-12)10-19-7-8-20(15(19)21)13-3-5-18-6-4-13/h1-2,9,13,18H,3-8,10H2. The topological polar surface area (TPSA) is 35.6 Å². The summed E-state index contributed by atoms with van der Waals surface area (Å²) in [5.41, 5.74) is 0.568. The molecule has 3 rings (SSSR count). The van der Waals surface area contributed by atoms with Gasteiger partial charge in [-0.05, 0) is 38.1 Å². The Hall–Kier alpha value is -1.14. The van der Waals surface area contributed by atoms with Crippen molar-refractivity contribution in [3.63, 3.8) is 0 Å². The van der Waals surface area contributed by atoms with Gasteiger partial charge >= 0.3 is 6.03 Å². The molecule has 1 aromatic rings. The molecule has 114 valence electrons. The van der Waals surface area contributed by atoms with Gasteiger partial charge in [0.2, 0.25) is 0 Å². The quantitative estimate of drug-likeness (QED) is 0.904. The van der Waals surface area contributed by atoms with Gasteiger partial charge in [0, 0.05) is 29.2 Å². The Morgan fingerprint density at radius 3 is 2.76 bits per heavy atom. The molecule has 2 heterocycles. The summed E-state index contributed by atoms with van der Waals surface area (Å²) in [5, 5.41) is 3.31. The minimum Gasteiger partial charge on any atom is -0.320 e. The van der Waals surface area contributed by atoms with E-state index in [2.05, 4.69) is 21.2 Å². The highest BCUT2D eigenvalue weighted by Crippen LogP contribution is 2.22. The number of rotatable bonds is 3. The van der Waals surface area contributed by atoms with Gasteiger partial charge in [0.1, 0.15) is 5.82 Å². The second kappa shape index (κ2) is 6.32. The van der Waals surface area contributed by atoms with Crippen LogP contribution >= 0.6 is 15.9 Å². The van der Waals surface area contributed by atoms with Crippen molar-refractivity contribution in [3.8, 4) is 0 Å². The number of carbonyl (C=O) groups is 1. The molecule has 1 N–H and O–H groups in total. The minimum atomic E-state index is -0.266. The third-order valence-corrected chi connectivity index (χ3v) is 4.75. The Balaban J connectivity index is 1.66. The molecule has 4 nitrogen and oxygen atoms in total. The minimum absolute atomic E-state index is 0.0456. The molecule has 0 aliphatic carbocycles. The maximum absolute atomic E-state index is 13.9. The van der Waals surface area contributed by atoms with Crippen LogP contribution in [0.2, 0.25) is 0 Å². The first-order valence-corrected chi connectivity index (χ1v) is 8.14. The summed E-state index contributed by atoms with van der Waals surface area (Å²) in [6.07, 6.45) is 2.01. The van der Waals surface area contributed by atoms with E-state index in [1.165, 1.54) is 6.07 Å². The predicted molar refractivity (Wildman–Crippen MR) is 82.5 cm³/mol. The molecule has 6 heteroatoms. The number of urea groups is 1. The van der Waals surface area contributed by atoms with Crippen LogP contribution in [0.1, 0.15) is 18.4 Å². The maximum Gasteiger partial charge on any atom is 0.320 e. The zero-order chi connectivity index (χ0) is 14.8. The van der Waals surface area contributed by atoms with Crippen molar-refractivity contribution in [2.45, 2.75) is 25.4 Å². The highest BCUT2D eigenvalue weighted by Gasteiger charge is 2.34. The maximum atomic E-state index is 13.9. The SMILES string of the molecule is O=C1N(Cc2ccc(Br)cc2F)CCN1C1CCNCC1.